The lowest BCUT2D eigenvalue weighted by atomic mass is 10.2. The van der Waals surface area contributed by atoms with Gasteiger partial charge in [-0.05, 0) is 38.1 Å². The lowest BCUT2D eigenvalue weighted by Gasteiger charge is -2.36. The van der Waals surface area contributed by atoms with Gasteiger partial charge in [-0.2, -0.15) is 17.0 Å². The summed E-state index contributed by atoms with van der Waals surface area (Å²) in [5, 5.41) is 3.11. The standard InChI is InChI=1S/C17H28N4O4S/c1-5-25-17(22)14(2)18-15-6-8-16(9-7-15)20-10-12-21(13-11-20)26(23,24)19(3)4/h6-9,14,18H,5,10-13H2,1-4H3. The first kappa shape index (κ1) is 20.5. The minimum atomic E-state index is -3.35. The summed E-state index contributed by atoms with van der Waals surface area (Å²) in [6.07, 6.45) is 0. The van der Waals surface area contributed by atoms with Crippen molar-refractivity contribution >= 4 is 27.6 Å². The van der Waals surface area contributed by atoms with Crippen molar-refractivity contribution in [1.82, 2.24) is 8.61 Å². The molecule has 1 aromatic rings. The zero-order valence-corrected chi connectivity index (χ0v) is 16.6. The Balaban J connectivity index is 1.93. The highest BCUT2D eigenvalue weighted by Crippen LogP contribution is 2.21. The number of hydrogen-bond donors (Lipinski definition) is 1. The average Bonchev–Trinajstić information content (AvgIpc) is 2.62. The summed E-state index contributed by atoms with van der Waals surface area (Å²) >= 11 is 0. The maximum absolute atomic E-state index is 12.2. The van der Waals surface area contributed by atoms with E-state index in [9.17, 15) is 13.2 Å². The van der Waals surface area contributed by atoms with Crippen molar-refractivity contribution in [3.8, 4) is 0 Å². The highest BCUT2D eigenvalue weighted by atomic mass is 32.2. The third-order valence-electron chi connectivity index (χ3n) is 4.28. The molecule has 1 atom stereocenters. The maximum atomic E-state index is 12.2. The quantitative estimate of drug-likeness (QED) is 0.706. The van der Waals surface area contributed by atoms with Gasteiger partial charge in [0.15, 0.2) is 0 Å². The summed E-state index contributed by atoms with van der Waals surface area (Å²) < 4.78 is 32.1. The zero-order valence-electron chi connectivity index (χ0n) is 15.8. The number of benzene rings is 1. The van der Waals surface area contributed by atoms with Gasteiger partial charge in [0.05, 0.1) is 6.61 Å². The third kappa shape index (κ3) is 4.87. The van der Waals surface area contributed by atoms with E-state index in [1.54, 1.807) is 27.9 Å². The number of esters is 1. The van der Waals surface area contributed by atoms with Crippen LogP contribution in [0.5, 0.6) is 0 Å². The number of piperazine rings is 1. The number of nitrogens with zero attached hydrogens (tertiary/aromatic N) is 3. The first-order chi connectivity index (χ1) is 12.3. The van der Waals surface area contributed by atoms with Crippen LogP contribution in [0.4, 0.5) is 11.4 Å². The van der Waals surface area contributed by atoms with Crippen LogP contribution in [0, 0.1) is 0 Å². The van der Waals surface area contributed by atoms with Gasteiger partial charge >= 0.3 is 5.97 Å². The molecule has 2 rings (SSSR count). The summed E-state index contributed by atoms with van der Waals surface area (Å²) in [4.78, 5) is 13.8. The number of anilines is 2. The minimum absolute atomic E-state index is 0.283. The Labute approximate surface area is 155 Å². The predicted molar refractivity (Wildman–Crippen MR) is 103 cm³/mol. The Morgan fingerprint density at radius 3 is 2.27 bits per heavy atom. The lowest BCUT2D eigenvalue weighted by Crippen LogP contribution is -2.51. The van der Waals surface area contributed by atoms with Crippen LogP contribution in [0.25, 0.3) is 0 Å². The number of ether oxygens (including phenoxy) is 1. The van der Waals surface area contributed by atoms with E-state index in [1.807, 2.05) is 24.3 Å². The van der Waals surface area contributed by atoms with Crippen LogP contribution < -0.4 is 10.2 Å². The number of nitrogens with one attached hydrogen (secondary N) is 1. The topological polar surface area (TPSA) is 82.2 Å². The second kappa shape index (κ2) is 8.70. The van der Waals surface area contributed by atoms with Crippen LogP contribution in [0.3, 0.4) is 0 Å². The van der Waals surface area contributed by atoms with Gasteiger partial charge in [-0.15, -0.1) is 0 Å². The molecule has 1 heterocycles. The Morgan fingerprint density at radius 1 is 1.19 bits per heavy atom. The van der Waals surface area contributed by atoms with Crippen LogP contribution in [-0.2, 0) is 19.7 Å². The van der Waals surface area contributed by atoms with Crippen molar-refractivity contribution in [2.75, 3.05) is 57.1 Å². The molecule has 9 heteroatoms. The molecule has 146 valence electrons. The van der Waals surface area contributed by atoms with Gasteiger partial charge in [0.2, 0.25) is 0 Å². The average molecular weight is 385 g/mol. The molecule has 26 heavy (non-hydrogen) atoms. The smallest absolute Gasteiger partial charge is 0.328 e. The van der Waals surface area contributed by atoms with Gasteiger partial charge in [0, 0.05) is 51.6 Å². The third-order valence-corrected chi connectivity index (χ3v) is 6.22. The van der Waals surface area contributed by atoms with Gasteiger partial charge in [-0.25, -0.2) is 4.79 Å². The van der Waals surface area contributed by atoms with Crippen LogP contribution in [0.15, 0.2) is 24.3 Å². The predicted octanol–water partition coefficient (Wildman–Crippen LogP) is 0.979. The van der Waals surface area contributed by atoms with Gasteiger partial charge in [0.25, 0.3) is 10.2 Å². The molecule has 0 bridgehead atoms. The molecule has 1 N–H and O–H groups in total. The number of hydrogen-bond acceptors (Lipinski definition) is 6. The number of carbonyl (C=O) groups is 1. The van der Waals surface area contributed by atoms with Gasteiger partial charge in [0.1, 0.15) is 6.04 Å². The number of carbonyl (C=O) groups excluding carboxylic acids is 1. The molecule has 0 saturated carbocycles. The Hall–Kier alpha value is -1.84. The molecule has 0 aliphatic carbocycles. The fourth-order valence-electron chi connectivity index (χ4n) is 2.75. The van der Waals surface area contributed by atoms with Crippen molar-refractivity contribution in [3.05, 3.63) is 24.3 Å². The molecule has 0 radical (unpaired) electrons. The molecule has 1 fully saturated rings. The molecule has 1 unspecified atom stereocenters. The molecule has 0 aromatic heterocycles. The molecular formula is C17H28N4O4S. The molecule has 0 amide bonds. The molecule has 1 aliphatic rings. The summed E-state index contributed by atoms with van der Waals surface area (Å²) in [7, 11) is -0.260. The maximum Gasteiger partial charge on any atom is 0.328 e. The Kier molecular flexibility index (Phi) is 6.85. The summed E-state index contributed by atoms with van der Waals surface area (Å²) in [5.41, 5.74) is 1.87. The van der Waals surface area contributed by atoms with Crippen molar-refractivity contribution in [1.29, 1.82) is 0 Å². The van der Waals surface area contributed by atoms with E-state index in [0.29, 0.717) is 32.8 Å². The highest BCUT2D eigenvalue weighted by Gasteiger charge is 2.28. The van der Waals surface area contributed by atoms with Crippen LogP contribution >= 0.6 is 0 Å². The summed E-state index contributed by atoms with van der Waals surface area (Å²) in [5.74, 6) is -0.283. The molecule has 1 aromatic carbocycles. The van der Waals surface area contributed by atoms with E-state index in [0.717, 1.165) is 11.4 Å². The molecular weight excluding hydrogens is 356 g/mol. The van der Waals surface area contributed by atoms with Gasteiger partial charge in [-0.1, -0.05) is 0 Å². The summed E-state index contributed by atoms with van der Waals surface area (Å²) in [6, 6.07) is 7.34. The van der Waals surface area contributed by atoms with E-state index in [4.69, 9.17) is 4.74 Å². The van der Waals surface area contributed by atoms with E-state index in [1.165, 1.54) is 8.61 Å². The van der Waals surface area contributed by atoms with E-state index < -0.39 is 16.3 Å². The van der Waals surface area contributed by atoms with Gasteiger partial charge < -0.3 is 15.0 Å². The summed E-state index contributed by atoms with van der Waals surface area (Å²) in [6.45, 7) is 6.09. The molecule has 0 spiro atoms. The Bertz CT molecular complexity index is 698. The number of rotatable bonds is 7. The first-order valence-electron chi connectivity index (χ1n) is 8.71. The van der Waals surface area contributed by atoms with Crippen molar-refractivity contribution < 1.29 is 17.9 Å². The Morgan fingerprint density at radius 2 is 1.77 bits per heavy atom. The fraction of sp³-hybridized carbons (Fsp3) is 0.588. The zero-order chi connectivity index (χ0) is 19.3. The largest absolute Gasteiger partial charge is 0.464 e. The lowest BCUT2D eigenvalue weighted by molar-refractivity contribution is -0.143. The van der Waals surface area contributed by atoms with Crippen molar-refractivity contribution in [2.45, 2.75) is 19.9 Å². The van der Waals surface area contributed by atoms with Crippen molar-refractivity contribution in [2.24, 2.45) is 0 Å². The van der Waals surface area contributed by atoms with Crippen molar-refractivity contribution in [3.63, 3.8) is 0 Å². The van der Waals surface area contributed by atoms with E-state index >= 15 is 0 Å². The van der Waals surface area contributed by atoms with Gasteiger partial charge in [-0.3, -0.25) is 0 Å². The molecule has 1 aliphatic heterocycles. The fourth-order valence-corrected chi connectivity index (χ4v) is 3.84. The van der Waals surface area contributed by atoms with Crippen LogP contribution in [-0.4, -0.2) is 75.9 Å². The normalized spacial score (nSPS) is 17.2. The van der Waals surface area contributed by atoms with Crippen LogP contribution in [0.1, 0.15) is 13.8 Å². The SMILES string of the molecule is CCOC(=O)C(C)Nc1ccc(N2CCN(S(=O)(=O)N(C)C)CC2)cc1. The van der Waals surface area contributed by atoms with Crippen LogP contribution in [0.2, 0.25) is 0 Å². The second-order valence-corrected chi connectivity index (χ2v) is 8.48. The second-order valence-electron chi connectivity index (χ2n) is 6.34. The highest BCUT2D eigenvalue weighted by molar-refractivity contribution is 7.86. The monoisotopic (exact) mass is 384 g/mol. The molecule has 8 nitrogen and oxygen atoms in total. The van der Waals surface area contributed by atoms with E-state index in [-0.39, 0.29) is 5.97 Å². The molecule has 1 saturated heterocycles. The van der Waals surface area contributed by atoms with E-state index in [2.05, 4.69) is 10.2 Å². The minimum Gasteiger partial charge on any atom is -0.464 e. The first-order valence-corrected chi connectivity index (χ1v) is 10.1.